The van der Waals surface area contributed by atoms with E-state index in [2.05, 4.69) is 53.7 Å². The van der Waals surface area contributed by atoms with Gasteiger partial charge in [0.2, 0.25) is 0 Å². The van der Waals surface area contributed by atoms with Gasteiger partial charge in [-0.15, -0.1) is 0 Å². The van der Waals surface area contributed by atoms with Crippen molar-refractivity contribution < 1.29 is 9.47 Å². The van der Waals surface area contributed by atoms with Gasteiger partial charge in [0, 0.05) is 6.61 Å². The minimum absolute atomic E-state index is 0.167. The standard InChI is InChI=1S/C18H30O2/c1-8-19-13-20-15-9-10-16(14(2)11-15)18(6,7)12-17(3,4)5/h9-11H,8,12-13H2,1-7H3. The molecule has 0 bridgehead atoms. The molecule has 1 aromatic carbocycles. The van der Waals surface area contributed by atoms with E-state index in [1.54, 1.807) is 0 Å². The fraction of sp³-hybridized carbons (Fsp3) is 0.667. The van der Waals surface area contributed by atoms with E-state index in [1.165, 1.54) is 11.1 Å². The molecule has 0 atom stereocenters. The van der Waals surface area contributed by atoms with E-state index in [4.69, 9.17) is 9.47 Å². The Bertz CT molecular complexity index is 428. The highest BCUT2D eigenvalue weighted by Gasteiger charge is 2.28. The Kier molecular flexibility index (Phi) is 5.64. The SMILES string of the molecule is CCOCOc1ccc(C(C)(C)CC(C)(C)C)c(C)c1. The quantitative estimate of drug-likeness (QED) is 0.533. The smallest absolute Gasteiger partial charge is 0.189 e. The molecule has 0 aliphatic carbocycles. The van der Waals surface area contributed by atoms with Gasteiger partial charge in [-0.1, -0.05) is 40.7 Å². The molecule has 0 heterocycles. The van der Waals surface area contributed by atoms with Crippen molar-refractivity contribution in [1.82, 2.24) is 0 Å². The van der Waals surface area contributed by atoms with E-state index in [0.717, 1.165) is 12.2 Å². The number of hydrogen-bond acceptors (Lipinski definition) is 2. The Labute approximate surface area is 124 Å². The molecule has 0 aromatic heterocycles. The molecule has 0 radical (unpaired) electrons. The maximum Gasteiger partial charge on any atom is 0.189 e. The lowest BCUT2D eigenvalue weighted by Crippen LogP contribution is -2.25. The molecule has 0 saturated heterocycles. The summed E-state index contributed by atoms with van der Waals surface area (Å²) >= 11 is 0. The summed E-state index contributed by atoms with van der Waals surface area (Å²) in [5.41, 5.74) is 3.17. The molecule has 0 saturated carbocycles. The zero-order valence-electron chi connectivity index (χ0n) is 14.2. The zero-order chi connectivity index (χ0) is 15.4. The van der Waals surface area contributed by atoms with Gasteiger partial charge in [-0.05, 0) is 54.4 Å². The van der Waals surface area contributed by atoms with Crippen LogP contribution in [0.4, 0.5) is 0 Å². The van der Waals surface area contributed by atoms with Gasteiger partial charge in [0.15, 0.2) is 6.79 Å². The summed E-state index contributed by atoms with van der Waals surface area (Å²) in [6.07, 6.45) is 1.15. The predicted octanol–water partition coefficient (Wildman–Crippen LogP) is 5.08. The fourth-order valence-corrected chi connectivity index (χ4v) is 3.10. The third-order valence-electron chi connectivity index (χ3n) is 3.41. The normalized spacial score (nSPS) is 12.6. The van der Waals surface area contributed by atoms with Crippen LogP contribution in [-0.4, -0.2) is 13.4 Å². The molecule has 1 aromatic rings. The van der Waals surface area contributed by atoms with Gasteiger partial charge in [-0.3, -0.25) is 0 Å². The summed E-state index contributed by atoms with van der Waals surface area (Å²) in [5, 5.41) is 0. The molecule has 2 heteroatoms. The van der Waals surface area contributed by atoms with Crippen molar-refractivity contribution in [1.29, 1.82) is 0 Å². The van der Waals surface area contributed by atoms with Crippen molar-refractivity contribution in [2.24, 2.45) is 5.41 Å². The molecule has 0 aliphatic rings. The molecule has 1 rings (SSSR count). The van der Waals surface area contributed by atoms with E-state index in [-0.39, 0.29) is 5.41 Å². The van der Waals surface area contributed by atoms with Crippen LogP contribution in [0.2, 0.25) is 0 Å². The number of ether oxygens (including phenoxy) is 2. The van der Waals surface area contributed by atoms with Gasteiger partial charge in [0.1, 0.15) is 5.75 Å². The second-order valence-corrected chi connectivity index (χ2v) is 7.35. The first-order valence-electron chi connectivity index (χ1n) is 7.47. The first kappa shape index (κ1) is 17.0. The third-order valence-corrected chi connectivity index (χ3v) is 3.41. The van der Waals surface area contributed by atoms with Gasteiger partial charge < -0.3 is 9.47 Å². The molecule has 0 aliphatic heterocycles. The Morgan fingerprint density at radius 1 is 1.05 bits per heavy atom. The second-order valence-electron chi connectivity index (χ2n) is 7.35. The van der Waals surface area contributed by atoms with Crippen LogP contribution in [0.3, 0.4) is 0 Å². The second kappa shape index (κ2) is 6.62. The van der Waals surface area contributed by atoms with Crippen LogP contribution in [0.25, 0.3) is 0 Å². The van der Waals surface area contributed by atoms with Crippen molar-refractivity contribution in [3.8, 4) is 5.75 Å². The van der Waals surface area contributed by atoms with Crippen molar-refractivity contribution >= 4 is 0 Å². The summed E-state index contributed by atoms with van der Waals surface area (Å²) in [6, 6.07) is 6.35. The Morgan fingerprint density at radius 3 is 2.20 bits per heavy atom. The summed E-state index contributed by atoms with van der Waals surface area (Å²) in [5.74, 6) is 0.881. The van der Waals surface area contributed by atoms with E-state index in [0.29, 0.717) is 18.8 Å². The Hall–Kier alpha value is -1.02. The molecule has 20 heavy (non-hydrogen) atoms. The minimum atomic E-state index is 0.167. The molecule has 0 spiro atoms. The van der Waals surface area contributed by atoms with Crippen LogP contribution < -0.4 is 4.74 Å². The minimum Gasteiger partial charge on any atom is -0.468 e. The lowest BCUT2D eigenvalue weighted by atomic mass is 9.71. The average Bonchev–Trinajstić information content (AvgIpc) is 2.25. The summed E-state index contributed by atoms with van der Waals surface area (Å²) in [6.45, 7) is 16.6. The molecule has 0 amide bonds. The predicted molar refractivity (Wildman–Crippen MR) is 85.4 cm³/mol. The van der Waals surface area contributed by atoms with E-state index in [1.807, 2.05) is 13.0 Å². The molecule has 2 nitrogen and oxygen atoms in total. The lowest BCUT2D eigenvalue weighted by molar-refractivity contribution is 0.0223. The van der Waals surface area contributed by atoms with E-state index < -0.39 is 0 Å². The Balaban J connectivity index is 2.86. The van der Waals surface area contributed by atoms with Gasteiger partial charge in [0.25, 0.3) is 0 Å². The first-order valence-corrected chi connectivity index (χ1v) is 7.47. The maximum absolute atomic E-state index is 5.57. The lowest BCUT2D eigenvalue weighted by Gasteiger charge is -2.34. The largest absolute Gasteiger partial charge is 0.468 e. The number of hydrogen-bond donors (Lipinski definition) is 0. The van der Waals surface area contributed by atoms with Crippen molar-refractivity contribution in [2.75, 3.05) is 13.4 Å². The number of aryl methyl sites for hydroxylation is 1. The van der Waals surface area contributed by atoms with E-state index >= 15 is 0 Å². The molecule has 0 fully saturated rings. The molecular formula is C18H30O2. The highest BCUT2D eigenvalue weighted by atomic mass is 16.7. The van der Waals surface area contributed by atoms with Gasteiger partial charge >= 0.3 is 0 Å². The third kappa shape index (κ3) is 5.16. The van der Waals surface area contributed by atoms with Crippen LogP contribution in [-0.2, 0) is 10.2 Å². The van der Waals surface area contributed by atoms with Crippen LogP contribution in [0.5, 0.6) is 5.75 Å². The summed E-state index contributed by atoms with van der Waals surface area (Å²) < 4.78 is 10.8. The molecule has 114 valence electrons. The monoisotopic (exact) mass is 278 g/mol. The number of rotatable bonds is 6. The topological polar surface area (TPSA) is 18.5 Å². The van der Waals surface area contributed by atoms with Crippen molar-refractivity contribution in [3.63, 3.8) is 0 Å². The number of benzene rings is 1. The maximum atomic E-state index is 5.57. The van der Waals surface area contributed by atoms with E-state index in [9.17, 15) is 0 Å². The molecule has 0 unspecified atom stereocenters. The van der Waals surface area contributed by atoms with Crippen LogP contribution in [0.1, 0.15) is 59.1 Å². The van der Waals surface area contributed by atoms with Gasteiger partial charge in [0.05, 0.1) is 0 Å². The summed E-state index contributed by atoms with van der Waals surface area (Å²) in [7, 11) is 0. The average molecular weight is 278 g/mol. The fourth-order valence-electron chi connectivity index (χ4n) is 3.10. The first-order chi connectivity index (χ1) is 9.15. The van der Waals surface area contributed by atoms with Gasteiger partial charge in [-0.2, -0.15) is 0 Å². The van der Waals surface area contributed by atoms with Crippen LogP contribution in [0, 0.1) is 12.3 Å². The van der Waals surface area contributed by atoms with Crippen molar-refractivity contribution in [2.45, 2.75) is 60.3 Å². The highest BCUT2D eigenvalue weighted by molar-refractivity contribution is 5.39. The molecule has 0 N–H and O–H groups in total. The van der Waals surface area contributed by atoms with Gasteiger partial charge in [-0.25, -0.2) is 0 Å². The van der Waals surface area contributed by atoms with Crippen molar-refractivity contribution in [3.05, 3.63) is 29.3 Å². The Morgan fingerprint density at radius 2 is 1.70 bits per heavy atom. The highest BCUT2D eigenvalue weighted by Crippen LogP contribution is 2.38. The molecular weight excluding hydrogens is 248 g/mol. The van der Waals surface area contributed by atoms with Crippen LogP contribution >= 0.6 is 0 Å². The van der Waals surface area contributed by atoms with Crippen LogP contribution in [0.15, 0.2) is 18.2 Å². The summed E-state index contributed by atoms with van der Waals surface area (Å²) in [4.78, 5) is 0. The zero-order valence-corrected chi connectivity index (χ0v) is 14.2.